The Morgan fingerprint density at radius 1 is 1.12 bits per heavy atom. The van der Waals surface area contributed by atoms with Crippen LogP contribution in [-0.4, -0.2) is 17.5 Å². The van der Waals surface area contributed by atoms with Gasteiger partial charge in [-0.3, -0.25) is 9.59 Å². The summed E-state index contributed by atoms with van der Waals surface area (Å²) < 4.78 is 10.7. The van der Waals surface area contributed by atoms with Gasteiger partial charge in [0, 0.05) is 15.6 Å². The number of rotatable bonds is 7. The molecular formula is C19H26Cl2O4. The van der Waals surface area contributed by atoms with Gasteiger partial charge in [-0.15, -0.1) is 0 Å². The zero-order chi connectivity index (χ0) is 19.2. The van der Waals surface area contributed by atoms with E-state index >= 15 is 0 Å². The van der Waals surface area contributed by atoms with Gasteiger partial charge in [-0.25, -0.2) is 0 Å². The minimum absolute atomic E-state index is 0.00939. The van der Waals surface area contributed by atoms with E-state index in [9.17, 15) is 9.59 Å². The van der Waals surface area contributed by atoms with Gasteiger partial charge >= 0.3 is 11.9 Å². The van der Waals surface area contributed by atoms with E-state index in [0.717, 1.165) is 0 Å². The Morgan fingerprint density at radius 3 is 2.16 bits per heavy atom. The van der Waals surface area contributed by atoms with Crippen LogP contribution in [0.15, 0.2) is 18.2 Å². The third kappa shape index (κ3) is 8.10. The van der Waals surface area contributed by atoms with Gasteiger partial charge in [0.25, 0.3) is 0 Å². The van der Waals surface area contributed by atoms with E-state index in [1.54, 1.807) is 39.0 Å². The van der Waals surface area contributed by atoms with Crippen molar-refractivity contribution >= 4 is 35.1 Å². The van der Waals surface area contributed by atoms with Crippen molar-refractivity contribution in [2.45, 2.75) is 59.7 Å². The molecule has 4 nitrogen and oxygen atoms in total. The molecule has 0 saturated heterocycles. The highest BCUT2D eigenvalue weighted by Gasteiger charge is 2.27. The van der Waals surface area contributed by atoms with E-state index in [1.807, 2.05) is 13.8 Å². The SMILES string of the molecule is CC(C)C[C@H](CC(=O)OC(C)(C)C)C(=O)OCc1c(Cl)cccc1Cl. The molecule has 25 heavy (non-hydrogen) atoms. The van der Waals surface area contributed by atoms with Gasteiger partial charge in [0.15, 0.2) is 0 Å². The molecule has 0 spiro atoms. The van der Waals surface area contributed by atoms with Gasteiger partial charge in [0.2, 0.25) is 0 Å². The third-order valence-electron chi connectivity index (χ3n) is 3.34. The molecule has 0 bridgehead atoms. The summed E-state index contributed by atoms with van der Waals surface area (Å²) in [5, 5.41) is 0.876. The number of carbonyl (C=O) groups is 2. The first-order valence-corrected chi connectivity index (χ1v) is 9.06. The second-order valence-electron chi connectivity index (χ2n) is 7.42. The van der Waals surface area contributed by atoms with Crippen LogP contribution in [0, 0.1) is 11.8 Å². The Bertz CT molecular complexity index is 586. The lowest BCUT2D eigenvalue weighted by Gasteiger charge is -2.22. The fourth-order valence-electron chi connectivity index (χ4n) is 2.35. The summed E-state index contributed by atoms with van der Waals surface area (Å²) in [7, 11) is 0. The summed E-state index contributed by atoms with van der Waals surface area (Å²) in [5.74, 6) is -1.18. The van der Waals surface area contributed by atoms with Crippen molar-refractivity contribution in [2.24, 2.45) is 11.8 Å². The molecule has 0 amide bonds. The van der Waals surface area contributed by atoms with Gasteiger partial charge in [-0.05, 0) is 45.2 Å². The molecule has 0 radical (unpaired) electrons. The fraction of sp³-hybridized carbons (Fsp3) is 0.579. The van der Waals surface area contributed by atoms with Crippen molar-refractivity contribution in [1.29, 1.82) is 0 Å². The highest BCUT2D eigenvalue weighted by molar-refractivity contribution is 6.35. The van der Waals surface area contributed by atoms with Crippen molar-refractivity contribution < 1.29 is 19.1 Å². The fourth-order valence-corrected chi connectivity index (χ4v) is 2.85. The summed E-state index contributed by atoms with van der Waals surface area (Å²) in [5.41, 5.74) is -0.0335. The standard InChI is InChI=1S/C19H26Cl2O4/c1-12(2)9-13(10-17(22)25-19(3,4)5)18(23)24-11-14-15(20)7-6-8-16(14)21/h6-8,12-13H,9-11H2,1-5H3/t13-/m1/s1. The van der Waals surface area contributed by atoms with Crippen molar-refractivity contribution in [1.82, 2.24) is 0 Å². The normalized spacial score (nSPS) is 12.8. The molecule has 0 heterocycles. The lowest BCUT2D eigenvalue weighted by atomic mass is 9.94. The molecule has 0 aromatic heterocycles. The van der Waals surface area contributed by atoms with Crippen LogP contribution in [-0.2, 0) is 25.7 Å². The topological polar surface area (TPSA) is 52.6 Å². The number of carbonyl (C=O) groups excluding carboxylic acids is 2. The van der Waals surface area contributed by atoms with Gasteiger partial charge in [-0.2, -0.15) is 0 Å². The zero-order valence-electron chi connectivity index (χ0n) is 15.4. The molecule has 140 valence electrons. The molecule has 1 atom stereocenters. The summed E-state index contributed by atoms with van der Waals surface area (Å²) in [6.07, 6.45) is 0.527. The number of hydrogen-bond acceptors (Lipinski definition) is 4. The van der Waals surface area contributed by atoms with E-state index in [2.05, 4.69) is 0 Å². The largest absolute Gasteiger partial charge is 0.460 e. The first-order valence-electron chi connectivity index (χ1n) is 8.31. The van der Waals surface area contributed by atoms with Crippen molar-refractivity contribution in [3.05, 3.63) is 33.8 Å². The lowest BCUT2D eigenvalue weighted by molar-refractivity contribution is -0.162. The average molecular weight is 389 g/mol. The number of hydrogen-bond donors (Lipinski definition) is 0. The molecular weight excluding hydrogens is 363 g/mol. The molecule has 0 fully saturated rings. The predicted octanol–water partition coefficient (Wildman–Crippen LogP) is 5.43. The highest BCUT2D eigenvalue weighted by Crippen LogP contribution is 2.26. The van der Waals surface area contributed by atoms with Gasteiger partial charge in [0.05, 0.1) is 12.3 Å². The van der Waals surface area contributed by atoms with Crippen LogP contribution >= 0.6 is 23.2 Å². The van der Waals surface area contributed by atoms with Crippen molar-refractivity contribution in [2.75, 3.05) is 0 Å². The van der Waals surface area contributed by atoms with Crippen LogP contribution in [0.5, 0.6) is 0 Å². The first-order chi connectivity index (χ1) is 11.5. The third-order valence-corrected chi connectivity index (χ3v) is 4.05. The van der Waals surface area contributed by atoms with Crippen LogP contribution in [0.3, 0.4) is 0 Å². The van der Waals surface area contributed by atoms with E-state index < -0.39 is 23.5 Å². The number of halogens is 2. The van der Waals surface area contributed by atoms with Crippen LogP contribution in [0.2, 0.25) is 10.0 Å². The molecule has 0 N–H and O–H groups in total. The summed E-state index contributed by atoms with van der Waals surface area (Å²) >= 11 is 12.2. The van der Waals surface area contributed by atoms with Crippen LogP contribution in [0.1, 0.15) is 53.0 Å². The molecule has 6 heteroatoms. The summed E-state index contributed by atoms with van der Waals surface area (Å²) in [6, 6.07) is 5.09. The maximum absolute atomic E-state index is 12.5. The number of ether oxygens (including phenoxy) is 2. The Labute approximate surface area is 159 Å². The number of esters is 2. The average Bonchev–Trinajstić information content (AvgIpc) is 2.43. The van der Waals surface area contributed by atoms with Gasteiger partial charge < -0.3 is 9.47 Å². The molecule has 0 saturated carbocycles. The second-order valence-corrected chi connectivity index (χ2v) is 8.24. The highest BCUT2D eigenvalue weighted by atomic mass is 35.5. The van der Waals surface area contributed by atoms with Crippen LogP contribution in [0.4, 0.5) is 0 Å². The molecule has 0 unspecified atom stereocenters. The Kier molecular flexibility index (Phi) is 8.23. The maximum Gasteiger partial charge on any atom is 0.309 e. The van der Waals surface area contributed by atoms with E-state index in [0.29, 0.717) is 22.0 Å². The molecule has 0 aliphatic rings. The van der Waals surface area contributed by atoms with Crippen molar-refractivity contribution in [3.8, 4) is 0 Å². The van der Waals surface area contributed by atoms with Crippen molar-refractivity contribution in [3.63, 3.8) is 0 Å². The number of benzene rings is 1. The van der Waals surface area contributed by atoms with Crippen LogP contribution in [0.25, 0.3) is 0 Å². The smallest absolute Gasteiger partial charge is 0.309 e. The lowest BCUT2D eigenvalue weighted by Crippen LogP contribution is -2.28. The second kappa shape index (κ2) is 9.44. The summed E-state index contributed by atoms with van der Waals surface area (Å²) in [6.45, 7) is 9.32. The maximum atomic E-state index is 12.5. The van der Waals surface area contributed by atoms with Gasteiger partial charge in [0.1, 0.15) is 12.2 Å². The minimum Gasteiger partial charge on any atom is -0.460 e. The zero-order valence-corrected chi connectivity index (χ0v) is 16.9. The first kappa shape index (κ1) is 21.8. The van der Waals surface area contributed by atoms with Crippen LogP contribution < -0.4 is 0 Å². The minimum atomic E-state index is -0.589. The predicted molar refractivity (Wildman–Crippen MR) is 99.7 cm³/mol. The van der Waals surface area contributed by atoms with E-state index in [-0.39, 0.29) is 18.9 Å². The molecule has 0 aliphatic carbocycles. The summed E-state index contributed by atoms with van der Waals surface area (Å²) in [4.78, 5) is 24.5. The molecule has 1 rings (SSSR count). The Balaban J connectivity index is 2.75. The van der Waals surface area contributed by atoms with E-state index in [1.165, 1.54) is 0 Å². The quantitative estimate of drug-likeness (QED) is 0.584. The van der Waals surface area contributed by atoms with Gasteiger partial charge in [-0.1, -0.05) is 43.1 Å². The Hall–Kier alpha value is -1.26. The molecule has 1 aromatic carbocycles. The molecule has 1 aromatic rings. The molecule has 0 aliphatic heterocycles. The monoisotopic (exact) mass is 388 g/mol. The van der Waals surface area contributed by atoms with E-state index in [4.69, 9.17) is 32.7 Å². The Morgan fingerprint density at radius 2 is 1.68 bits per heavy atom.